The number of Topliss-reactive ketones (excluding diaryl/α,β-unsaturated/α-hetero) is 1. The normalized spacial score (nSPS) is 17.3. The van der Waals surface area contributed by atoms with Gasteiger partial charge in [0.05, 0.1) is 12.1 Å². The fourth-order valence-corrected chi connectivity index (χ4v) is 2.10. The van der Waals surface area contributed by atoms with Gasteiger partial charge in [0.1, 0.15) is 11.5 Å². The Labute approximate surface area is 106 Å². The first-order valence-electron chi connectivity index (χ1n) is 6.15. The number of carbonyl (C=O) groups is 1. The van der Waals surface area contributed by atoms with E-state index in [0.717, 1.165) is 32.6 Å². The van der Waals surface area contributed by atoms with E-state index in [1.54, 1.807) is 0 Å². The van der Waals surface area contributed by atoms with E-state index in [9.17, 15) is 15.0 Å². The predicted molar refractivity (Wildman–Crippen MR) is 68.0 cm³/mol. The maximum atomic E-state index is 12.1. The number of phenolic OH excluding ortho intramolecular Hbond substituents is 2. The van der Waals surface area contributed by atoms with Gasteiger partial charge in [-0.15, -0.1) is 0 Å². The first-order valence-corrected chi connectivity index (χ1v) is 6.15. The molecule has 1 aliphatic heterocycles. The third kappa shape index (κ3) is 3.21. The first-order chi connectivity index (χ1) is 8.66. The number of benzene rings is 1. The zero-order valence-electron chi connectivity index (χ0n) is 10.2. The Morgan fingerprint density at radius 2 is 2.11 bits per heavy atom. The van der Waals surface area contributed by atoms with Crippen molar-refractivity contribution < 1.29 is 15.0 Å². The zero-order chi connectivity index (χ0) is 13.0. The van der Waals surface area contributed by atoms with Gasteiger partial charge in [-0.1, -0.05) is 0 Å². The van der Waals surface area contributed by atoms with Crippen LogP contribution in [-0.2, 0) is 0 Å². The maximum Gasteiger partial charge on any atom is 0.180 e. The molecule has 1 heterocycles. The number of hydrogen-bond donors (Lipinski definition) is 3. The van der Waals surface area contributed by atoms with Gasteiger partial charge in [0.25, 0.3) is 0 Å². The van der Waals surface area contributed by atoms with Crippen LogP contribution in [0.15, 0.2) is 18.2 Å². The average molecular weight is 250 g/mol. The highest BCUT2D eigenvalue weighted by atomic mass is 16.3. The lowest BCUT2D eigenvalue weighted by Gasteiger charge is -2.18. The number of phenols is 2. The molecule has 0 amide bonds. The zero-order valence-corrected chi connectivity index (χ0v) is 10.2. The van der Waals surface area contributed by atoms with Crippen molar-refractivity contribution in [1.82, 2.24) is 10.2 Å². The standard InChI is InChI=1S/C13H18N2O3/c16-10-2-3-11(12(17)8-10)13(18)9-15-6-1-4-14-5-7-15/h2-3,8,14,16-17H,1,4-7,9H2. The minimum absolute atomic E-state index is 0.0389. The summed E-state index contributed by atoms with van der Waals surface area (Å²) in [5, 5.41) is 22.1. The van der Waals surface area contributed by atoms with E-state index in [-0.39, 0.29) is 22.8 Å². The summed E-state index contributed by atoms with van der Waals surface area (Å²) in [6.45, 7) is 3.90. The van der Waals surface area contributed by atoms with Crippen LogP contribution in [0.5, 0.6) is 11.5 Å². The van der Waals surface area contributed by atoms with Crippen LogP contribution in [0.2, 0.25) is 0 Å². The molecule has 0 radical (unpaired) electrons. The van der Waals surface area contributed by atoms with Gasteiger partial charge in [0.15, 0.2) is 5.78 Å². The molecule has 3 N–H and O–H groups in total. The Morgan fingerprint density at radius 1 is 1.28 bits per heavy atom. The molecule has 0 spiro atoms. The van der Waals surface area contributed by atoms with Crippen LogP contribution in [0.25, 0.3) is 0 Å². The van der Waals surface area contributed by atoms with E-state index in [1.807, 2.05) is 0 Å². The Morgan fingerprint density at radius 3 is 2.89 bits per heavy atom. The van der Waals surface area contributed by atoms with Crippen molar-refractivity contribution in [3.05, 3.63) is 23.8 Å². The van der Waals surface area contributed by atoms with Crippen LogP contribution in [0, 0.1) is 0 Å². The predicted octanol–water partition coefficient (Wildman–Crippen LogP) is 0.576. The van der Waals surface area contributed by atoms with Gasteiger partial charge < -0.3 is 15.5 Å². The number of nitrogens with zero attached hydrogens (tertiary/aromatic N) is 1. The number of hydrogen-bond acceptors (Lipinski definition) is 5. The third-order valence-corrected chi connectivity index (χ3v) is 3.08. The van der Waals surface area contributed by atoms with Gasteiger partial charge in [-0.05, 0) is 31.6 Å². The lowest BCUT2D eigenvalue weighted by molar-refractivity contribution is 0.0932. The van der Waals surface area contributed by atoms with Gasteiger partial charge in [0, 0.05) is 19.2 Å². The van der Waals surface area contributed by atoms with Crippen molar-refractivity contribution in [2.75, 3.05) is 32.7 Å². The smallest absolute Gasteiger partial charge is 0.180 e. The Bertz CT molecular complexity index is 426. The summed E-state index contributed by atoms with van der Waals surface area (Å²) in [5.74, 6) is -0.314. The second-order valence-corrected chi connectivity index (χ2v) is 4.50. The molecule has 1 aromatic rings. The number of rotatable bonds is 3. The van der Waals surface area contributed by atoms with Crippen molar-refractivity contribution in [3.63, 3.8) is 0 Å². The van der Waals surface area contributed by atoms with Crippen LogP contribution in [-0.4, -0.2) is 53.6 Å². The largest absolute Gasteiger partial charge is 0.508 e. The van der Waals surface area contributed by atoms with Gasteiger partial charge >= 0.3 is 0 Å². The summed E-state index contributed by atoms with van der Waals surface area (Å²) < 4.78 is 0. The second-order valence-electron chi connectivity index (χ2n) is 4.50. The van der Waals surface area contributed by atoms with Crippen molar-refractivity contribution in [2.24, 2.45) is 0 Å². The van der Waals surface area contributed by atoms with Crippen LogP contribution >= 0.6 is 0 Å². The quantitative estimate of drug-likeness (QED) is 0.684. The van der Waals surface area contributed by atoms with Gasteiger partial charge in [-0.25, -0.2) is 0 Å². The molecule has 18 heavy (non-hydrogen) atoms. The van der Waals surface area contributed by atoms with Gasteiger partial charge in [0.2, 0.25) is 0 Å². The average Bonchev–Trinajstić information content (AvgIpc) is 2.57. The molecule has 5 nitrogen and oxygen atoms in total. The molecule has 1 saturated heterocycles. The molecule has 0 atom stereocenters. The molecule has 1 fully saturated rings. The molecule has 0 unspecified atom stereocenters. The molecule has 1 aliphatic rings. The van der Waals surface area contributed by atoms with Crippen LogP contribution < -0.4 is 5.32 Å². The molecule has 98 valence electrons. The van der Waals surface area contributed by atoms with E-state index in [0.29, 0.717) is 6.54 Å². The number of nitrogens with one attached hydrogen (secondary N) is 1. The van der Waals surface area contributed by atoms with E-state index in [2.05, 4.69) is 10.2 Å². The van der Waals surface area contributed by atoms with Gasteiger partial charge in [-0.2, -0.15) is 0 Å². The number of ketones is 1. The lowest BCUT2D eigenvalue weighted by atomic mass is 10.1. The summed E-state index contributed by atoms with van der Waals surface area (Å²) >= 11 is 0. The minimum Gasteiger partial charge on any atom is -0.508 e. The second kappa shape index (κ2) is 5.84. The highest BCUT2D eigenvalue weighted by molar-refractivity contribution is 6.00. The minimum atomic E-state index is -0.159. The first kappa shape index (κ1) is 12.9. The van der Waals surface area contributed by atoms with Crippen molar-refractivity contribution >= 4 is 5.78 Å². The Hall–Kier alpha value is -1.59. The van der Waals surface area contributed by atoms with E-state index >= 15 is 0 Å². The molecule has 0 aromatic heterocycles. The fourth-order valence-electron chi connectivity index (χ4n) is 2.10. The SMILES string of the molecule is O=C(CN1CCCNCC1)c1ccc(O)cc1O. The topological polar surface area (TPSA) is 72.8 Å². The summed E-state index contributed by atoms with van der Waals surface area (Å²) in [6, 6.07) is 4.07. The Balaban J connectivity index is 2.02. The molecule has 5 heteroatoms. The fraction of sp³-hybridized carbons (Fsp3) is 0.462. The van der Waals surface area contributed by atoms with E-state index < -0.39 is 0 Å². The van der Waals surface area contributed by atoms with Crippen molar-refractivity contribution in [1.29, 1.82) is 0 Å². The summed E-state index contributed by atoms with van der Waals surface area (Å²) in [6.07, 6.45) is 1.02. The van der Waals surface area contributed by atoms with Crippen LogP contribution in [0.3, 0.4) is 0 Å². The van der Waals surface area contributed by atoms with Crippen molar-refractivity contribution in [3.8, 4) is 11.5 Å². The van der Waals surface area contributed by atoms with E-state index in [4.69, 9.17) is 0 Å². The third-order valence-electron chi connectivity index (χ3n) is 3.08. The Kier molecular flexibility index (Phi) is 4.17. The number of aromatic hydroxyl groups is 2. The molecule has 0 bridgehead atoms. The summed E-state index contributed by atoms with van der Waals surface area (Å²) in [4.78, 5) is 14.1. The molecule has 2 rings (SSSR count). The molecule has 0 aliphatic carbocycles. The summed E-state index contributed by atoms with van der Waals surface area (Å²) in [5.41, 5.74) is 0.269. The molecular formula is C13H18N2O3. The van der Waals surface area contributed by atoms with E-state index in [1.165, 1.54) is 18.2 Å². The molecule has 0 saturated carbocycles. The van der Waals surface area contributed by atoms with Crippen LogP contribution in [0.1, 0.15) is 16.8 Å². The lowest BCUT2D eigenvalue weighted by Crippen LogP contribution is -2.33. The maximum absolute atomic E-state index is 12.1. The highest BCUT2D eigenvalue weighted by Gasteiger charge is 2.16. The monoisotopic (exact) mass is 250 g/mol. The number of carbonyl (C=O) groups excluding carboxylic acids is 1. The van der Waals surface area contributed by atoms with Crippen molar-refractivity contribution in [2.45, 2.75) is 6.42 Å². The highest BCUT2D eigenvalue weighted by Crippen LogP contribution is 2.23. The summed E-state index contributed by atoms with van der Waals surface area (Å²) in [7, 11) is 0. The van der Waals surface area contributed by atoms with Crippen LogP contribution in [0.4, 0.5) is 0 Å². The van der Waals surface area contributed by atoms with Gasteiger partial charge in [-0.3, -0.25) is 9.69 Å². The molecular weight excluding hydrogens is 232 g/mol. The molecule has 1 aromatic carbocycles.